The van der Waals surface area contributed by atoms with E-state index in [1.165, 1.54) is 6.33 Å². The molecule has 2 fully saturated rings. The van der Waals surface area contributed by atoms with Crippen molar-refractivity contribution in [3.63, 3.8) is 0 Å². The highest BCUT2D eigenvalue weighted by Gasteiger charge is 2.66. The summed E-state index contributed by atoms with van der Waals surface area (Å²) in [5.74, 6) is -0.0517. The zero-order chi connectivity index (χ0) is 26.9. The monoisotopic (exact) mass is 534 g/mol. The quantitative estimate of drug-likeness (QED) is 0.260. The highest BCUT2D eigenvalue weighted by molar-refractivity contribution is 6.12. The largest absolute Gasteiger partial charge is 0.401 e. The molecule has 13 heteroatoms. The van der Waals surface area contributed by atoms with Crippen molar-refractivity contribution in [2.75, 3.05) is 16.4 Å². The van der Waals surface area contributed by atoms with E-state index in [1.807, 2.05) is 18.3 Å². The lowest BCUT2D eigenvalue weighted by atomic mass is 10.00. The number of alkyl halides is 3. The van der Waals surface area contributed by atoms with E-state index in [1.54, 1.807) is 18.3 Å². The molecular weight excluding hydrogens is 513 g/mol. The summed E-state index contributed by atoms with van der Waals surface area (Å²) >= 11 is 0. The number of benzene rings is 1. The highest BCUT2D eigenvalue weighted by atomic mass is 19.4. The van der Waals surface area contributed by atoms with Crippen LogP contribution >= 0.6 is 0 Å². The number of nitrogens with zero attached hydrogens (tertiary/aromatic N) is 5. The molecule has 0 saturated heterocycles. The van der Waals surface area contributed by atoms with Crippen molar-refractivity contribution in [2.45, 2.75) is 43.3 Å². The molecule has 0 spiro atoms. The van der Waals surface area contributed by atoms with Gasteiger partial charge >= 0.3 is 12.2 Å². The Labute approximate surface area is 218 Å². The summed E-state index contributed by atoms with van der Waals surface area (Å²) in [5.41, 5.74) is 7.64. The molecule has 0 bridgehead atoms. The number of hydrogen-bond donors (Lipinski definition) is 3. The van der Waals surface area contributed by atoms with Crippen LogP contribution in [0.2, 0.25) is 0 Å². The second-order valence-corrected chi connectivity index (χ2v) is 9.93. The second kappa shape index (κ2) is 8.16. The van der Waals surface area contributed by atoms with Gasteiger partial charge in [0, 0.05) is 35.5 Å². The van der Waals surface area contributed by atoms with Crippen LogP contribution in [-0.2, 0) is 5.41 Å². The maximum Gasteiger partial charge on any atom is 0.401 e. The molecule has 0 unspecified atom stereocenters. The minimum Gasteiger partial charge on any atom is -0.383 e. The van der Waals surface area contributed by atoms with Crippen LogP contribution in [0.15, 0.2) is 53.6 Å². The molecule has 39 heavy (non-hydrogen) atoms. The average Bonchev–Trinajstić information content (AvgIpc) is 3.83. The first-order chi connectivity index (χ1) is 18.7. The van der Waals surface area contributed by atoms with E-state index in [0.717, 1.165) is 46.5 Å². The topological polar surface area (TPSA) is 137 Å². The number of carbonyl (C=O) groups is 1. The lowest BCUT2D eigenvalue weighted by Crippen LogP contribution is -2.28. The minimum atomic E-state index is -4.44. The summed E-state index contributed by atoms with van der Waals surface area (Å²) < 4.78 is 47.2. The Bertz CT molecular complexity index is 1770. The zero-order valence-electron chi connectivity index (χ0n) is 20.3. The standard InChI is InChI=1S/C26H21F3N8O2/c27-26(28,29)25(7-8-25)18-10-19(36-39-18)35-24(38)34-17-6-5-14(15-2-1-9-31-21(15)17)16-11-37(13-3-4-13)23-20(16)22(30)32-12-33-23/h1-2,5-6,9-13H,3-4,7-8H2,(H2,30,32,33)(H2,34,35,36,38). The smallest absolute Gasteiger partial charge is 0.383 e. The van der Waals surface area contributed by atoms with Crippen LogP contribution in [0.4, 0.5) is 35.3 Å². The molecule has 0 atom stereocenters. The number of halogens is 3. The number of amides is 2. The van der Waals surface area contributed by atoms with Gasteiger partial charge in [-0.3, -0.25) is 10.3 Å². The summed E-state index contributed by atoms with van der Waals surface area (Å²) in [6, 6.07) is 8.02. The predicted molar refractivity (Wildman–Crippen MR) is 137 cm³/mol. The molecule has 4 N–H and O–H groups in total. The minimum absolute atomic E-state index is 0.0710. The van der Waals surface area contributed by atoms with Gasteiger partial charge in [-0.05, 0) is 43.4 Å². The zero-order valence-corrected chi connectivity index (χ0v) is 20.3. The molecule has 2 saturated carbocycles. The van der Waals surface area contributed by atoms with E-state index in [-0.39, 0.29) is 24.4 Å². The van der Waals surface area contributed by atoms with Gasteiger partial charge in [0.1, 0.15) is 23.2 Å². The van der Waals surface area contributed by atoms with Crippen LogP contribution in [0.1, 0.15) is 37.5 Å². The highest BCUT2D eigenvalue weighted by Crippen LogP contribution is 2.59. The van der Waals surface area contributed by atoms with E-state index in [4.69, 9.17) is 10.3 Å². The Morgan fingerprint density at radius 3 is 2.67 bits per heavy atom. The normalized spacial score (nSPS) is 16.5. The van der Waals surface area contributed by atoms with E-state index < -0.39 is 17.6 Å². The molecule has 5 aromatic rings. The third kappa shape index (κ3) is 3.75. The summed E-state index contributed by atoms with van der Waals surface area (Å²) in [7, 11) is 0. The molecule has 2 aliphatic rings. The first kappa shape index (κ1) is 23.4. The average molecular weight is 535 g/mol. The number of nitrogens with one attached hydrogen (secondary N) is 2. The summed E-state index contributed by atoms with van der Waals surface area (Å²) in [5, 5.41) is 10.3. The number of urea groups is 1. The third-order valence-electron chi connectivity index (χ3n) is 7.40. The fourth-order valence-electron chi connectivity index (χ4n) is 5.08. The number of carbonyl (C=O) groups excluding carboxylic acids is 1. The number of rotatable bonds is 5. The van der Waals surface area contributed by atoms with Gasteiger partial charge in [-0.1, -0.05) is 17.3 Å². The molecule has 198 valence electrons. The molecule has 4 heterocycles. The molecule has 10 nitrogen and oxygen atoms in total. The molecule has 0 aliphatic heterocycles. The number of pyridine rings is 1. The van der Waals surface area contributed by atoms with E-state index in [2.05, 4.69) is 35.3 Å². The van der Waals surface area contributed by atoms with Gasteiger partial charge in [-0.15, -0.1) is 0 Å². The summed E-state index contributed by atoms with van der Waals surface area (Å²) in [6.45, 7) is 0. The summed E-state index contributed by atoms with van der Waals surface area (Å²) in [4.78, 5) is 25.9. The van der Waals surface area contributed by atoms with Crippen LogP contribution in [-0.4, -0.2) is 36.9 Å². The molecule has 4 aromatic heterocycles. The lowest BCUT2D eigenvalue weighted by Gasteiger charge is -2.15. The SMILES string of the molecule is Nc1ncnc2c1c(-c1ccc(NC(=O)Nc3cc(C4(C(F)(F)F)CC4)on3)c3ncccc13)cn2C1CC1. The number of anilines is 3. The Hall–Kier alpha value is -4.68. The number of hydrogen-bond acceptors (Lipinski definition) is 7. The van der Waals surface area contributed by atoms with Crippen molar-refractivity contribution < 1.29 is 22.5 Å². The van der Waals surface area contributed by atoms with Crippen LogP contribution in [0.25, 0.3) is 33.1 Å². The van der Waals surface area contributed by atoms with Crippen LogP contribution in [0.3, 0.4) is 0 Å². The molecular formula is C26H21F3N8O2. The number of nitrogens with two attached hydrogens (primary N) is 1. The van der Waals surface area contributed by atoms with Gasteiger partial charge in [-0.25, -0.2) is 14.8 Å². The predicted octanol–water partition coefficient (Wildman–Crippen LogP) is 5.79. The Morgan fingerprint density at radius 2 is 1.92 bits per heavy atom. The number of aromatic nitrogens is 5. The maximum atomic E-state index is 13.4. The van der Waals surface area contributed by atoms with Gasteiger partial charge in [-0.2, -0.15) is 13.2 Å². The molecule has 2 aliphatic carbocycles. The van der Waals surface area contributed by atoms with E-state index in [0.29, 0.717) is 23.1 Å². The van der Waals surface area contributed by atoms with Gasteiger partial charge in [0.15, 0.2) is 11.6 Å². The Morgan fingerprint density at radius 1 is 1.10 bits per heavy atom. The van der Waals surface area contributed by atoms with Crippen molar-refractivity contribution in [2.24, 2.45) is 0 Å². The lowest BCUT2D eigenvalue weighted by molar-refractivity contribution is -0.165. The van der Waals surface area contributed by atoms with E-state index in [9.17, 15) is 18.0 Å². The summed E-state index contributed by atoms with van der Waals surface area (Å²) in [6.07, 6.45) is 2.64. The fraction of sp³-hybridized carbons (Fsp3) is 0.269. The van der Waals surface area contributed by atoms with Gasteiger partial charge in [0.25, 0.3) is 0 Å². The third-order valence-corrected chi connectivity index (χ3v) is 7.40. The fourth-order valence-corrected chi connectivity index (χ4v) is 5.08. The van der Waals surface area contributed by atoms with Crippen LogP contribution < -0.4 is 16.4 Å². The Kier molecular flexibility index (Phi) is 4.90. The van der Waals surface area contributed by atoms with Crippen molar-refractivity contribution in [1.29, 1.82) is 0 Å². The van der Waals surface area contributed by atoms with Gasteiger partial charge in [0.05, 0.1) is 16.6 Å². The number of fused-ring (bicyclic) bond motifs is 2. The first-order valence-corrected chi connectivity index (χ1v) is 12.4. The van der Waals surface area contributed by atoms with E-state index >= 15 is 0 Å². The Balaban J connectivity index is 1.20. The molecule has 2 amide bonds. The van der Waals surface area contributed by atoms with Crippen molar-refractivity contribution in [3.8, 4) is 11.1 Å². The maximum absolute atomic E-state index is 13.4. The molecule has 0 radical (unpaired) electrons. The van der Waals surface area contributed by atoms with Gasteiger partial charge < -0.3 is 20.1 Å². The molecule has 7 rings (SSSR count). The van der Waals surface area contributed by atoms with Crippen molar-refractivity contribution >= 4 is 45.3 Å². The first-order valence-electron chi connectivity index (χ1n) is 12.4. The van der Waals surface area contributed by atoms with Crippen LogP contribution in [0, 0.1) is 0 Å². The molecule has 1 aromatic carbocycles. The van der Waals surface area contributed by atoms with Crippen molar-refractivity contribution in [1.82, 2.24) is 24.7 Å². The van der Waals surface area contributed by atoms with Crippen molar-refractivity contribution in [3.05, 3.63) is 54.8 Å². The second-order valence-electron chi connectivity index (χ2n) is 9.93. The van der Waals surface area contributed by atoms with Crippen LogP contribution in [0.5, 0.6) is 0 Å². The number of nitrogen functional groups attached to an aromatic ring is 1. The van der Waals surface area contributed by atoms with Gasteiger partial charge in [0.2, 0.25) is 0 Å².